The summed E-state index contributed by atoms with van der Waals surface area (Å²) in [7, 11) is 1.56. The van der Waals surface area contributed by atoms with Gasteiger partial charge in [0.25, 0.3) is 11.6 Å². The fourth-order valence-electron chi connectivity index (χ4n) is 2.15. The average Bonchev–Trinajstić information content (AvgIpc) is 2.53. The van der Waals surface area contributed by atoms with Gasteiger partial charge in [-0.25, -0.2) is 4.39 Å². The monoisotopic (exact) mass is 336 g/mol. The highest BCUT2D eigenvalue weighted by Gasteiger charge is 2.22. The van der Waals surface area contributed by atoms with Crippen LogP contribution in [0.1, 0.15) is 28.9 Å². The van der Waals surface area contributed by atoms with E-state index in [1.165, 1.54) is 23.1 Å². The Morgan fingerprint density at radius 2 is 2.00 bits per heavy atom. The number of non-ortho nitro benzene ring substituents is 1. The number of hydrogen-bond donors (Lipinski definition) is 0. The Bertz CT molecular complexity index is 767. The molecule has 23 heavy (non-hydrogen) atoms. The molecule has 1 unspecified atom stereocenters. The number of carbonyl (C=O) groups is 1. The summed E-state index contributed by atoms with van der Waals surface area (Å²) in [4.78, 5) is 24.3. The summed E-state index contributed by atoms with van der Waals surface area (Å²) in [6.07, 6.45) is 0. The second kappa shape index (κ2) is 6.75. The molecule has 0 fully saturated rings. The second-order valence-corrected chi connectivity index (χ2v) is 5.48. The van der Waals surface area contributed by atoms with E-state index in [0.717, 1.165) is 12.1 Å². The quantitative estimate of drug-likeness (QED) is 0.620. The molecule has 1 amide bonds. The predicted octanol–water partition coefficient (Wildman–Crippen LogP) is 4.22. The van der Waals surface area contributed by atoms with Gasteiger partial charge in [-0.3, -0.25) is 14.9 Å². The van der Waals surface area contributed by atoms with Gasteiger partial charge >= 0.3 is 0 Å². The molecule has 2 aromatic rings. The molecule has 0 bridgehead atoms. The average molecular weight is 337 g/mol. The van der Waals surface area contributed by atoms with Crippen molar-refractivity contribution in [1.82, 2.24) is 4.90 Å². The molecule has 0 saturated carbocycles. The fourth-order valence-corrected chi connectivity index (χ4v) is 2.40. The molecule has 5 nitrogen and oxygen atoms in total. The first-order valence-electron chi connectivity index (χ1n) is 6.78. The van der Waals surface area contributed by atoms with Crippen molar-refractivity contribution in [2.75, 3.05) is 7.05 Å². The maximum absolute atomic E-state index is 13.1. The third-order valence-corrected chi connectivity index (χ3v) is 3.94. The Morgan fingerprint density at radius 3 is 2.61 bits per heavy atom. The Kier molecular flexibility index (Phi) is 4.95. The summed E-state index contributed by atoms with van der Waals surface area (Å²) in [6.45, 7) is 1.74. The van der Waals surface area contributed by atoms with Gasteiger partial charge in [0.05, 0.1) is 21.6 Å². The molecule has 120 valence electrons. The van der Waals surface area contributed by atoms with Gasteiger partial charge in [-0.15, -0.1) is 0 Å². The molecule has 2 rings (SSSR count). The molecule has 0 radical (unpaired) electrons. The molecule has 0 aromatic heterocycles. The van der Waals surface area contributed by atoms with E-state index in [4.69, 9.17) is 11.6 Å². The lowest BCUT2D eigenvalue weighted by molar-refractivity contribution is -0.384. The normalized spacial score (nSPS) is 11.8. The SMILES string of the molecule is CC(c1cccc([N+](=O)[O-])c1)N(C)C(=O)c1ccc(F)cc1Cl. The van der Waals surface area contributed by atoms with Crippen LogP contribution in [0.4, 0.5) is 10.1 Å². The number of halogens is 2. The molecule has 0 aliphatic carbocycles. The lowest BCUT2D eigenvalue weighted by Crippen LogP contribution is -2.30. The van der Waals surface area contributed by atoms with Crippen molar-refractivity contribution in [2.45, 2.75) is 13.0 Å². The van der Waals surface area contributed by atoms with E-state index >= 15 is 0 Å². The highest BCUT2D eigenvalue weighted by Crippen LogP contribution is 2.26. The van der Waals surface area contributed by atoms with Gasteiger partial charge in [-0.2, -0.15) is 0 Å². The van der Waals surface area contributed by atoms with Crippen molar-refractivity contribution < 1.29 is 14.1 Å². The van der Waals surface area contributed by atoms with Crippen LogP contribution in [-0.4, -0.2) is 22.8 Å². The van der Waals surface area contributed by atoms with E-state index in [2.05, 4.69) is 0 Å². The summed E-state index contributed by atoms with van der Waals surface area (Å²) in [5.74, 6) is -0.921. The zero-order valence-corrected chi connectivity index (χ0v) is 13.2. The number of amides is 1. The van der Waals surface area contributed by atoms with Crippen LogP contribution >= 0.6 is 11.6 Å². The van der Waals surface area contributed by atoms with E-state index in [1.807, 2.05) is 0 Å². The van der Waals surface area contributed by atoms with E-state index in [-0.39, 0.29) is 16.3 Å². The van der Waals surface area contributed by atoms with Crippen molar-refractivity contribution in [3.8, 4) is 0 Å². The van der Waals surface area contributed by atoms with Crippen LogP contribution in [0, 0.1) is 15.9 Å². The number of nitro groups is 1. The van der Waals surface area contributed by atoms with Gasteiger partial charge in [-0.1, -0.05) is 23.7 Å². The molecular weight excluding hydrogens is 323 g/mol. The van der Waals surface area contributed by atoms with Crippen molar-refractivity contribution >= 4 is 23.2 Å². The highest BCUT2D eigenvalue weighted by atomic mass is 35.5. The van der Waals surface area contributed by atoms with Crippen LogP contribution in [0.5, 0.6) is 0 Å². The minimum Gasteiger partial charge on any atom is -0.335 e. The molecule has 1 atom stereocenters. The summed E-state index contributed by atoms with van der Waals surface area (Å²) in [6, 6.07) is 9.20. The number of nitrogens with zero attached hydrogens (tertiary/aromatic N) is 2. The topological polar surface area (TPSA) is 63.5 Å². The van der Waals surface area contributed by atoms with Crippen LogP contribution in [-0.2, 0) is 0 Å². The number of rotatable bonds is 4. The van der Waals surface area contributed by atoms with Gasteiger partial charge in [0, 0.05) is 19.2 Å². The third-order valence-electron chi connectivity index (χ3n) is 3.63. The van der Waals surface area contributed by atoms with E-state index in [9.17, 15) is 19.3 Å². The van der Waals surface area contributed by atoms with Gasteiger partial charge < -0.3 is 4.90 Å². The number of carbonyl (C=O) groups excluding carboxylic acids is 1. The Labute approximate surface area is 137 Å². The number of benzene rings is 2. The second-order valence-electron chi connectivity index (χ2n) is 5.07. The smallest absolute Gasteiger partial charge is 0.269 e. The van der Waals surface area contributed by atoms with Crippen LogP contribution in [0.15, 0.2) is 42.5 Å². The van der Waals surface area contributed by atoms with Crippen LogP contribution in [0.3, 0.4) is 0 Å². The van der Waals surface area contributed by atoms with E-state index in [0.29, 0.717) is 5.56 Å². The standard InChI is InChI=1S/C16H14ClFN2O3/c1-10(11-4-3-5-13(8-11)20(22)23)19(2)16(21)14-7-6-12(18)9-15(14)17/h3-10H,1-2H3. The molecule has 0 aliphatic rings. The van der Waals surface area contributed by atoms with Crippen LogP contribution < -0.4 is 0 Å². The van der Waals surface area contributed by atoms with Gasteiger partial charge in [0.2, 0.25) is 0 Å². The molecular formula is C16H14ClFN2O3. The molecule has 0 spiro atoms. The van der Waals surface area contributed by atoms with Crippen molar-refractivity contribution in [1.29, 1.82) is 0 Å². The number of hydrogen-bond acceptors (Lipinski definition) is 3. The Hall–Kier alpha value is -2.47. The zero-order chi connectivity index (χ0) is 17.1. The highest BCUT2D eigenvalue weighted by molar-refractivity contribution is 6.33. The minimum absolute atomic E-state index is 0.0214. The predicted molar refractivity (Wildman–Crippen MR) is 85.0 cm³/mol. The number of nitro benzene ring substituents is 1. The first-order chi connectivity index (χ1) is 10.8. The third kappa shape index (κ3) is 3.65. The lowest BCUT2D eigenvalue weighted by Gasteiger charge is -2.25. The maximum Gasteiger partial charge on any atom is 0.269 e. The van der Waals surface area contributed by atoms with E-state index < -0.39 is 22.7 Å². The summed E-state index contributed by atoms with van der Waals surface area (Å²) < 4.78 is 13.1. The molecule has 2 aromatic carbocycles. The largest absolute Gasteiger partial charge is 0.335 e. The van der Waals surface area contributed by atoms with Crippen LogP contribution in [0.2, 0.25) is 5.02 Å². The summed E-state index contributed by atoms with van der Waals surface area (Å²) in [5.41, 5.74) is 0.746. The van der Waals surface area contributed by atoms with E-state index in [1.54, 1.807) is 26.1 Å². The fraction of sp³-hybridized carbons (Fsp3) is 0.188. The van der Waals surface area contributed by atoms with Gasteiger partial charge in [0.15, 0.2) is 0 Å². The molecule has 7 heteroatoms. The van der Waals surface area contributed by atoms with Crippen molar-refractivity contribution in [2.24, 2.45) is 0 Å². The summed E-state index contributed by atoms with van der Waals surface area (Å²) in [5, 5.41) is 10.9. The first kappa shape index (κ1) is 16.9. The zero-order valence-electron chi connectivity index (χ0n) is 12.5. The minimum atomic E-state index is -0.527. The Balaban J connectivity index is 2.28. The summed E-state index contributed by atoms with van der Waals surface area (Å²) >= 11 is 5.91. The maximum atomic E-state index is 13.1. The van der Waals surface area contributed by atoms with Gasteiger partial charge in [-0.05, 0) is 30.7 Å². The molecule has 0 saturated heterocycles. The Morgan fingerprint density at radius 1 is 1.30 bits per heavy atom. The van der Waals surface area contributed by atoms with Crippen LogP contribution in [0.25, 0.3) is 0 Å². The molecule has 0 aliphatic heterocycles. The van der Waals surface area contributed by atoms with Gasteiger partial charge in [0.1, 0.15) is 5.82 Å². The molecule has 0 N–H and O–H groups in total. The van der Waals surface area contributed by atoms with Crippen molar-refractivity contribution in [3.63, 3.8) is 0 Å². The molecule has 0 heterocycles. The first-order valence-corrected chi connectivity index (χ1v) is 7.15. The lowest BCUT2D eigenvalue weighted by atomic mass is 10.1. The van der Waals surface area contributed by atoms with Crippen molar-refractivity contribution in [3.05, 3.63) is 74.5 Å².